The van der Waals surface area contributed by atoms with E-state index < -0.39 is 17.8 Å². The van der Waals surface area contributed by atoms with E-state index in [-0.39, 0.29) is 6.54 Å². The van der Waals surface area contributed by atoms with Crippen molar-refractivity contribution in [3.05, 3.63) is 98.8 Å². The molecule has 1 aromatic heterocycles. The Morgan fingerprint density at radius 3 is 2.37 bits per heavy atom. The van der Waals surface area contributed by atoms with Crippen molar-refractivity contribution in [3.8, 4) is 5.75 Å². The Labute approximate surface area is 214 Å². The third-order valence-electron chi connectivity index (χ3n) is 4.72. The van der Waals surface area contributed by atoms with Gasteiger partial charge in [-0.15, -0.1) is 11.3 Å². The highest BCUT2D eigenvalue weighted by Crippen LogP contribution is 2.34. The first-order valence-corrected chi connectivity index (χ1v) is 11.8. The number of halogens is 2. The van der Waals surface area contributed by atoms with Crippen molar-refractivity contribution < 1.29 is 19.1 Å². The van der Waals surface area contributed by atoms with Gasteiger partial charge >= 0.3 is 5.97 Å². The summed E-state index contributed by atoms with van der Waals surface area (Å²) in [6, 6.07) is 20.3. The molecule has 10 heteroatoms. The van der Waals surface area contributed by atoms with Crippen molar-refractivity contribution in [1.82, 2.24) is 10.7 Å². The van der Waals surface area contributed by atoms with Gasteiger partial charge in [-0.05, 0) is 60.2 Å². The summed E-state index contributed by atoms with van der Waals surface area (Å²) < 4.78 is 6.20. The van der Waals surface area contributed by atoms with E-state index in [9.17, 15) is 14.4 Å². The number of nitrogens with zero attached hydrogens (tertiary/aromatic N) is 1. The number of fused-ring (bicyclic) bond motifs is 1. The summed E-state index contributed by atoms with van der Waals surface area (Å²) in [5.41, 5.74) is 3.39. The second kappa shape index (κ2) is 11.1. The molecule has 176 valence electrons. The first-order chi connectivity index (χ1) is 16.9. The van der Waals surface area contributed by atoms with Crippen LogP contribution in [0.15, 0.2) is 77.9 Å². The molecule has 0 bridgehead atoms. The number of carbonyl (C=O) groups excluding carboxylic acids is 3. The van der Waals surface area contributed by atoms with Gasteiger partial charge in [0.2, 0.25) is 0 Å². The predicted molar refractivity (Wildman–Crippen MR) is 138 cm³/mol. The summed E-state index contributed by atoms with van der Waals surface area (Å²) in [5, 5.41) is 8.10. The highest BCUT2D eigenvalue weighted by atomic mass is 35.5. The molecule has 0 aliphatic rings. The molecular formula is C25H17Cl2N3O4S. The molecule has 0 saturated carbocycles. The molecule has 0 atom stereocenters. The number of amides is 2. The molecule has 3 aromatic carbocycles. The van der Waals surface area contributed by atoms with Crippen molar-refractivity contribution >= 4 is 68.6 Å². The molecule has 0 aliphatic heterocycles. The van der Waals surface area contributed by atoms with Gasteiger partial charge in [-0.2, -0.15) is 5.10 Å². The monoisotopic (exact) mass is 525 g/mol. The van der Waals surface area contributed by atoms with E-state index in [4.69, 9.17) is 27.9 Å². The minimum atomic E-state index is -0.505. The number of carbonyl (C=O) groups is 3. The zero-order valence-corrected chi connectivity index (χ0v) is 20.3. The van der Waals surface area contributed by atoms with Gasteiger partial charge in [-0.3, -0.25) is 9.59 Å². The third kappa shape index (κ3) is 6.24. The van der Waals surface area contributed by atoms with E-state index in [1.165, 1.54) is 17.6 Å². The average Bonchev–Trinajstić information content (AvgIpc) is 3.20. The van der Waals surface area contributed by atoms with E-state index >= 15 is 0 Å². The van der Waals surface area contributed by atoms with Crippen LogP contribution in [-0.4, -0.2) is 30.5 Å². The van der Waals surface area contributed by atoms with Crippen LogP contribution < -0.4 is 15.5 Å². The minimum Gasteiger partial charge on any atom is -0.423 e. The molecule has 0 fully saturated rings. The number of rotatable bonds is 7. The molecule has 35 heavy (non-hydrogen) atoms. The van der Waals surface area contributed by atoms with Crippen molar-refractivity contribution in [2.24, 2.45) is 5.10 Å². The summed E-state index contributed by atoms with van der Waals surface area (Å²) >= 11 is 13.4. The Morgan fingerprint density at radius 1 is 0.943 bits per heavy atom. The number of hydrogen-bond donors (Lipinski definition) is 2. The minimum absolute atomic E-state index is 0.264. The van der Waals surface area contributed by atoms with Gasteiger partial charge in [0.1, 0.15) is 10.6 Å². The van der Waals surface area contributed by atoms with E-state index in [0.717, 1.165) is 10.1 Å². The third-order valence-corrected chi connectivity index (χ3v) is 6.65. The summed E-state index contributed by atoms with van der Waals surface area (Å²) in [4.78, 5) is 36.9. The molecule has 4 aromatic rings. The van der Waals surface area contributed by atoms with Crippen LogP contribution >= 0.6 is 34.5 Å². The van der Waals surface area contributed by atoms with Crippen molar-refractivity contribution in [2.75, 3.05) is 6.54 Å². The van der Waals surface area contributed by atoms with Gasteiger partial charge in [0.05, 0.1) is 23.3 Å². The second-order valence-corrected chi connectivity index (χ2v) is 9.05. The molecule has 2 N–H and O–H groups in total. The topological polar surface area (TPSA) is 96.9 Å². The van der Waals surface area contributed by atoms with E-state index in [1.807, 2.05) is 24.3 Å². The molecule has 4 rings (SSSR count). The Morgan fingerprint density at radius 2 is 1.66 bits per heavy atom. The van der Waals surface area contributed by atoms with Crippen LogP contribution in [-0.2, 0) is 4.79 Å². The Kier molecular flexibility index (Phi) is 7.77. The number of nitrogens with one attached hydrogen (secondary N) is 2. The Hall–Kier alpha value is -3.72. The highest BCUT2D eigenvalue weighted by Gasteiger charge is 2.17. The summed E-state index contributed by atoms with van der Waals surface area (Å²) in [5.74, 6) is -1.08. The van der Waals surface area contributed by atoms with E-state index in [0.29, 0.717) is 31.8 Å². The van der Waals surface area contributed by atoms with Crippen LogP contribution in [0.4, 0.5) is 0 Å². The molecule has 7 nitrogen and oxygen atoms in total. The van der Waals surface area contributed by atoms with Crippen LogP contribution in [0.1, 0.15) is 25.6 Å². The van der Waals surface area contributed by atoms with Crippen LogP contribution in [0, 0.1) is 0 Å². The SMILES string of the molecule is O=C(CNC(=O)c1sc2ccccc2c1Cl)N/N=C\c1ccc(OC(=O)c2ccc(Cl)cc2)cc1. The van der Waals surface area contributed by atoms with E-state index in [2.05, 4.69) is 15.8 Å². The Bertz CT molecular complexity index is 1420. The number of hydrazone groups is 1. The molecule has 0 spiro atoms. The van der Waals surface area contributed by atoms with Crippen LogP contribution in [0.3, 0.4) is 0 Å². The Balaban J connectivity index is 1.25. The standard InChI is InChI=1S/C25H17Cl2N3O4S/c26-17-9-7-16(8-10-17)25(33)34-18-11-5-15(6-12-18)13-29-30-21(31)14-28-24(32)23-22(27)19-3-1-2-4-20(19)35-23/h1-13H,14H2,(H,28,32)(H,30,31)/b29-13-. The molecule has 0 unspecified atom stereocenters. The number of thiophene rings is 1. The first-order valence-electron chi connectivity index (χ1n) is 10.3. The van der Waals surface area contributed by atoms with Gasteiger partial charge in [0.25, 0.3) is 11.8 Å². The van der Waals surface area contributed by atoms with Gasteiger partial charge in [-0.25, -0.2) is 10.2 Å². The number of esters is 1. The van der Waals surface area contributed by atoms with Crippen LogP contribution in [0.2, 0.25) is 10.0 Å². The van der Waals surface area contributed by atoms with Gasteiger partial charge in [0, 0.05) is 15.1 Å². The van der Waals surface area contributed by atoms with Gasteiger partial charge in [-0.1, -0.05) is 41.4 Å². The summed E-state index contributed by atoms with van der Waals surface area (Å²) in [6.07, 6.45) is 1.42. The summed E-state index contributed by atoms with van der Waals surface area (Å²) in [7, 11) is 0. The predicted octanol–water partition coefficient (Wildman–Crippen LogP) is 5.31. The summed E-state index contributed by atoms with van der Waals surface area (Å²) in [6.45, 7) is -0.264. The fourth-order valence-electron chi connectivity index (χ4n) is 2.99. The van der Waals surface area contributed by atoms with Crippen molar-refractivity contribution in [3.63, 3.8) is 0 Å². The maximum Gasteiger partial charge on any atom is 0.343 e. The molecule has 2 amide bonds. The number of ether oxygens (including phenoxy) is 1. The molecule has 0 aliphatic carbocycles. The molecule has 1 heterocycles. The zero-order valence-electron chi connectivity index (χ0n) is 18.0. The van der Waals surface area contributed by atoms with Crippen molar-refractivity contribution in [2.45, 2.75) is 0 Å². The zero-order chi connectivity index (χ0) is 24.8. The molecular weight excluding hydrogens is 509 g/mol. The largest absolute Gasteiger partial charge is 0.423 e. The number of benzene rings is 3. The fraction of sp³-hybridized carbons (Fsp3) is 0.0400. The quantitative estimate of drug-likeness (QED) is 0.148. The average molecular weight is 526 g/mol. The maximum atomic E-state index is 12.4. The lowest BCUT2D eigenvalue weighted by Gasteiger charge is -2.05. The van der Waals surface area contributed by atoms with Crippen LogP contribution in [0.5, 0.6) is 5.75 Å². The lowest BCUT2D eigenvalue weighted by Crippen LogP contribution is -2.34. The smallest absolute Gasteiger partial charge is 0.343 e. The van der Waals surface area contributed by atoms with Crippen LogP contribution in [0.25, 0.3) is 10.1 Å². The highest BCUT2D eigenvalue weighted by molar-refractivity contribution is 7.21. The first kappa shape index (κ1) is 24.4. The molecule has 0 saturated heterocycles. The lowest BCUT2D eigenvalue weighted by molar-refractivity contribution is -0.120. The van der Waals surface area contributed by atoms with Gasteiger partial charge < -0.3 is 10.1 Å². The number of hydrogen-bond acceptors (Lipinski definition) is 6. The normalized spacial score (nSPS) is 10.9. The fourth-order valence-corrected chi connectivity index (χ4v) is 4.55. The van der Waals surface area contributed by atoms with Crippen molar-refractivity contribution in [1.29, 1.82) is 0 Å². The second-order valence-electron chi connectivity index (χ2n) is 7.18. The van der Waals surface area contributed by atoms with E-state index in [1.54, 1.807) is 48.5 Å². The maximum absolute atomic E-state index is 12.4. The molecule has 0 radical (unpaired) electrons. The lowest BCUT2D eigenvalue weighted by atomic mass is 10.2. The van der Waals surface area contributed by atoms with Gasteiger partial charge in [0.15, 0.2) is 0 Å².